The SMILES string of the molecule is Cc1ccc(NS(=O)(=O)c2cccc(C(=O)Nc3cc(C)cc(C)c3)c2)cc1. The van der Waals surface area contributed by atoms with Crippen LogP contribution in [0.2, 0.25) is 0 Å². The summed E-state index contributed by atoms with van der Waals surface area (Å²) < 4.78 is 27.9. The zero-order valence-corrected chi connectivity index (χ0v) is 16.8. The van der Waals surface area contributed by atoms with Gasteiger partial charge in [-0.3, -0.25) is 9.52 Å². The summed E-state index contributed by atoms with van der Waals surface area (Å²) in [6.45, 7) is 5.83. The van der Waals surface area contributed by atoms with Crippen molar-refractivity contribution in [3.8, 4) is 0 Å². The van der Waals surface area contributed by atoms with Crippen LogP contribution < -0.4 is 10.0 Å². The Bertz CT molecular complexity index is 1100. The van der Waals surface area contributed by atoms with Crippen LogP contribution in [0.15, 0.2) is 71.6 Å². The molecule has 0 bridgehead atoms. The van der Waals surface area contributed by atoms with Crippen LogP contribution in [0.1, 0.15) is 27.0 Å². The predicted molar refractivity (Wildman–Crippen MR) is 112 cm³/mol. The first kappa shape index (κ1) is 19.6. The number of sulfonamides is 1. The van der Waals surface area contributed by atoms with Crippen LogP contribution in [-0.2, 0) is 10.0 Å². The molecular weight excluding hydrogens is 372 g/mol. The summed E-state index contributed by atoms with van der Waals surface area (Å²) >= 11 is 0. The van der Waals surface area contributed by atoms with Gasteiger partial charge in [-0.1, -0.05) is 29.8 Å². The normalized spacial score (nSPS) is 11.1. The Kier molecular flexibility index (Phi) is 5.51. The van der Waals surface area contributed by atoms with E-state index in [2.05, 4.69) is 10.0 Å². The number of amides is 1. The fraction of sp³-hybridized carbons (Fsp3) is 0.136. The third kappa shape index (κ3) is 4.78. The van der Waals surface area contributed by atoms with Gasteiger partial charge in [-0.15, -0.1) is 0 Å². The van der Waals surface area contributed by atoms with E-state index in [1.54, 1.807) is 24.3 Å². The molecular formula is C22H22N2O3S. The zero-order valence-electron chi connectivity index (χ0n) is 16.0. The van der Waals surface area contributed by atoms with Gasteiger partial charge in [0.15, 0.2) is 0 Å². The first-order valence-electron chi connectivity index (χ1n) is 8.82. The number of carbonyl (C=O) groups excluding carboxylic acids is 1. The lowest BCUT2D eigenvalue weighted by molar-refractivity contribution is 0.102. The topological polar surface area (TPSA) is 75.3 Å². The van der Waals surface area contributed by atoms with Gasteiger partial charge in [-0.05, 0) is 74.4 Å². The van der Waals surface area contributed by atoms with Gasteiger partial charge in [-0.2, -0.15) is 0 Å². The molecule has 0 aromatic heterocycles. The van der Waals surface area contributed by atoms with Crippen molar-refractivity contribution in [1.29, 1.82) is 0 Å². The summed E-state index contributed by atoms with van der Waals surface area (Å²) in [4.78, 5) is 12.6. The lowest BCUT2D eigenvalue weighted by Crippen LogP contribution is -2.16. The largest absolute Gasteiger partial charge is 0.322 e. The van der Waals surface area contributed by atoms with E-state index in [-0.39, 0.29) is 16.4 Å². The average molecular weight is 394 g/mol. The van der Waals surface area contributed by atoms with Crippen LogP contribution in [0.5, 0.6) is 0 Å². The molecule has 3 aromatic rings. The molecule has 6 heteroatoms. The first-order chi connectivity index (χ1) is 13.2. The minimum Gasteiger partial charge on any atom is -0.322 e. The number of carbonyl (C=O) groups is 1. The van der Waals surface area contributed by atoms with Crippen LogP contribution in [0.4, 0.5) is 11.4 Å². The molecule has 0 aliphatic carbocycles. The third-order valence-electron chi connectivity index (χ3n) is 4.19. The highest BCUT2D eigenvalue weighted by molar-refractivity contribution is 7.92. The molecule has 2 N–H and O–H groups in total. The smallest absolute Gasteiger partial charge is 0.261 e. The second-order valence-corrected chi connectivity index (χ2v) is 8.51. The highest BCUT2D eigenvalue weighted by Gasteiger charge is 2.17. The molecule has 0 radical (unpaired) electrons. The predicted octanol–water partition coefficient (Wildman–Crippen LogP) is 4.66. The van der Waals surface area contributed by atoms with Crippen LogP contribution >= 0.6 is 0 Å². The number of rotatable bonds is 5. The highest BCUT2D eigenvalue weighted by atomic mass is 32.2. The molecule has 0 unspecified atom stereocenters. The van der Waals surface area contributed by atoms with Crippen molar-refractivity contribution in [3.05, 3.63) is 89.0 Å². The average Bonchev–Trinajstić information content (AvgIpc) is 2.63. The summed E-state index contributed by atoms with van der Waals surface area (Å²) in [6.07, 6.45) is 0. The summed E-state index contributed by atoms with van der Waals surface area (Å²) in [7, 11) is -3.80. The monoisotopic (exact) mass is 394 g/mol. The minimum atomic E-state index is -3.80. The number of nitrogens with one attached hydrogen (secondary N) is 2. The van der Waals surface area contributed by atoms with E-state index >= 15 is 0 Å². The fourth-order valence-corrected chi connectivity index (χ4v) is 3.99. The number of hydrogen-bond donors (Lipinski definition) is 2. The van der Waals surface area contributed by atoms with Gasteiger partial charge < -0.3 is 5.32 Å². The summed E-state index contributed by atoms with van der Waals surface area (Å²) in [5.74, 6) is -0.364. The minimum absolute atomic E-state index is 0.0288. The molecule has 0 saturated carbocycles. The Morgan fingerprint density at radius 2 is 1.39 bits per heavy atom. The second kappa shape index (κ2) is 7.86. The van der Waals surface area contributed by atoms with E-state index in [1.165, 1.54) is 12.1 Å². The maximum atomic E-state index is 12.7. The molecule has 0 heterocycles. The van der Waals surface area contributed by atoms with Crippen LogP contribution in [0.3, 0.4) is 0 Å². The zero-order chi connectivity index (χ0) is 20.3. The van der Waals surface area contributed by atoms with E-state index in [9.17, 15) is 13.2 Å². The van der Waals surface area contributed by atoms with Gasteiger partial charge in [0.2, 0.25) is 0 Å². The maximum Gasteiger partial charge on any atom is 0.261 e. The number of benzene rings is 3. The Labute approximate surface area is 165 Å². The summed E-state index contributed by atoms with van der Waals surface area (Å²) in [5.41, 5.74) is 4.52. The van der Waals surface area contributed by atoms with E-state index < -0.39 is 10.0 Å². The Balaban J connectivity index is 1.82. The van der Waals surface area contributed by atoms with Gasteiger partial charge >= 0.3 is 0 Å². The van der Waals surface area contributed by atoms with Crippen molar-refractivity contribution in [2.24, 2.45) is 0 Å². The molecule has 0 spiro atoms. The molecule has 0 aliphatic heterocycles. The molecule has 144 valence electrons. The molecule has 0 atom stereocenters. The van der Waals surface area contributed by atoms with Gasteiger partial charge in [0.25, 0.3) is 15.9 Å². The summed E-state index contributed by atoms with van der Waals surface area (Å²) in [5, 5.41) is 2.82. The lowest BCUT2D eigenvalue weighted by atomic mass is 10.1. The number of anilines is 2. The maximum absolute atomic E-state index is 12.7. The third-order valence-corrected chi connectivity index (χ3v) is 5.57. The van der Waals surface area contributed by atoms with Crippen molar-refractivity contribution in [2.75, 3.05) is 10.0 Å². The van der Waals surface area contributed by atoms with E-state index in [0.717, 1.165) is 16.7 Å². The summed E-state index contributed by atoms with van der Waals surface area (Å²) in [6, 6.07) is 18.8. The standard InChI is InChI=1S/C22H22N2O3S/c1-15-7-9-19(10-8-15)24-28(26,27)21-6-4-5-18(14-21)22(25)23-20-12-16(2)11-17(3)13-20/h4-14,24H,1-3H3,(H,23,25). The Morgan fingerprint density at radius 1 is 0.750 bits per heavy atom. The van der Waals surface area contributed by atoms with Crippen molar-refractivity contribution in [3.63, 3.8) is 0 Å². The Hall–Kier alpha value is -3.12. The lowest BCUT2D eigenvalue weighted by Gasteiger charge is -2.11. The molecule has 0 saturated heterocycles. The molecule has 28 heavy (non-hydrogen) atoms. The van der Waals surface area contributed by atoms with Crippen molar-refractivity contribution in [2.45, 2.75) is 25.7 Å². The molecule has 3 aromatic carbocycles. The fourth-order valence-electron chi connectivity index (χ4n) is 2.89. The number of hydrogen-bond acceptors (Lipinski definition) is 3. The first-order valence-corrected chi connectivity index (χ1v) is 10.3. The van der Waals surface area contributed by atoms with Crippen LogP contribution in [0, 0.1) is 20.8 Å². The van der Waals surface area contributed by atoms with E-state index in [1.807, 2.05) is 51.1 Å². The highest BCUT2D eigenvalue weighted by Crippen LogP contribution is 2.19. The molecule has 5 nitrogen and oxygen atoms in total. The van der Waals surface area contributed by atoms with E-state index in [0.29, 0.717) is 11.4 Å². The van der Waals surface area contributed by atoms with Gasteiger partial charge in [0.05, 0.1) is 4.90 Å². The van der Waals surface area contributed by atoms with Gasteiger partial charge in [-0.25, -0.2) is 8.42 Å². The van der Waals surface area contributed by atoms with Gasteiger partial charge in [0, 0.05) is 16.9 Å². The number of aryl methyl sites for hydroxylation is 3. The van der Waals surface area contributed by atoms with Crippen LogP contribution in [-0.4, -0.2) is 14.3 Å². The molecule has 0 aliphatic rings. The Morgan fingerprint density at radius 3 is 2.04 bits per heavy atom. The van der Waals surface area contributed by atoms with E-state index in [4.69, 9.17) is 0 Å². The van der Waals surface area contributed by atoms with Crippen LogP contribution in [0.25, 0.3) is 0 Å². The van der Waals surface area contributed by atoms with Crippen molar-refractivity contribution < 1.29 is 13.2 Å². The second-order valence-electron chi connectivity index (χ2n) is 6.83. The molecule has 0 fully saturated rings. The molecule has 3 rings (SSSR count). The molecule has 1 amide bonds. The van der Waals surface area contributed by atoms with Gasteiger partial charge in [0.1, 0.15) is 0 Å². The van der Waals surface area contributed by atoms with Crippen molar-refractivity contribution in [1.82, 2.24) is 0 Å². The van der Waals surface area contributed by atoms with Crippen molar-refractivity contribution >= 4 is 27.3 Å². The quantitative estimate of drug-likeness (QED) is 0.661.